The Morgan fingerprint density at radius 2 is 1.52 bits per heavy atom. The maximum Gasteiger partial charge on any atom is 0.417 e. The van der Waals surface area contributed by atoms with E-state index >= 15 is 4.79 Å². The van der Waals surface area contributed by atoms with Gasteiger partial charge in [-0.05, 0) is 78.4 Å². The van der Waals surface area contributed by atoms with Gasteiger partial charge >= 0.3 is 6.18 Å². The van der Waals surface area contributed by atoms with Crippen LogP contribution in [0.4, 0.5) is 24.7 Å². The van der Waals surface area contributed by atoms with Gasteiger partial charge in [0.1, 0.15) is 18.1 Å². The number of benzene rings is 4. The van der Waals surface area contributed by atoms with E-state index in [0.29, 0.717) is 49.9 Å². The molecule has 5 aromatic rings. The third kappa shape index (κ3) is 6.70. The SMILES string of the molecule is O=C1C2CC3C(=CCC4C(=O)N(c5ccc(Cl)cc5)C(=O)C43)C(c3ccc(OCc4ccccc4)cc3O)C2(c2ccc(Cl)cc2)C(=O)N1Nc1ncc(C(F)(F)F)cc1Cl. The number of ether oxygens (including phenoxy) is 1. The number of alkyl halides is 3. The predicted molar refractivity (Wildman–Crippen MR) is 220 cm³/mol. The molecule has 3 heterocycles. The van der Waals surface area contributed by atoms with Crippen LogP contribution in [0.25, 0.3) is 0 Å². The predicted octanol–water partition coefficient (Wildman–Crippen LogP) is 9.53. The van der Waals surface area contributed by atoms with Gasteiger partial charge in [-0.25, -0.2) is 4.98 Å². The number of allylic oxidation sites excluding steroid dienone is 2. The third-order valence-corrected chi connectivity index (χ3v) is 13.0. The van der Waals surface area contributed by atoms with Crippen LogP contribution in [0.1, 0.15) is 41.0 Å². The Morgan fingerprint density at radius 3 is 2.18 bits per heavy atom. The first-order valence-corrected chi connectivity index (χ1v) is 20.3. The van der Waals surface area contributed by atoms with E-state index in [1.807, 2.05) is 36.4 Å². The number of aromatic nitrogens is 1. The van der Waals surface area contributed by atoms with E-state index in [9.17, 15) is 32.7 Å². The van der Waals surface area contributed by atoms with Gasteiger partial charge in [0.15, 0.2) is 5.82 Å². The van der Waals surface area contributed by atoms with Gasteiger partial charge in [-0.3, -0.25) is 29.5 Å². The van der Waals surface area contributed by atoms with Gasteiger partial charge in [-0.1, -0.05) is 95.0 Å². The van der Waals surface area contributed by atoms with Crippen LogP contribution in [0.3, 0.4) is 0 Å². The number of nitrogens with one attached hydrogen (secondary N) is 1. The minimum Gasteiger partial charge on any atom is -0.508 e. The van der Waals surface area contributed by atoms with Gasteiger partial charge in [0.25, 0.3) is 11.8 Å². The van der Waals surface area contributed by atoms with Crippen molar-refractivity contribution in [3.63, 3.8) is 0 Å². The second-order valence-electron chi connectivity index (χ2n) is 15.4. The minimum atomic E-state index is -4.77. The van der Waals surface area contributed by atoms with E-state index in [1.165, 1.54) is 6.07 Å². The molecule has 6 atom stereocenters. The molecule has 0 bridgehead atoms. The second-order valence-corrected chi connectivity index (χ2v) is 16.7. The number of aromatic hydroxyl groups is 1. The van der Waals surface area contributed by atoms with Crippen molar-refractivity contribution in [3.8, 4) is 11.5 Å². The first-order chi connectivity index (χ1) is 29.2. The lowest BCUT2D eigenvalue weighted by atomic mass is 9.49. The first-order valence-electron chi connectivity index (χ1n) is 19.1. The number of nitrogens with zero attached hydrogens (tertiary/aromatic N) is 3. The molecule has 4 amide bonds. The molecule has 4 aliphatic rings. The van der Waals surface area contributed by atoms with Crippen molar-refractivity contribution in [2.75, 3.05) is 10.3 Å². The number of phenolic OH excluding ortho intramolecular Hbond substituents is 1. The van der Waals surface area contributed by atoms with Crippen LogP contribution in [0.2, 0.25) is 15.1 Å². The van der Waals surface area contributed by atoms with Gasteiger partial charge in [-0.15, -0.1) is 0 Å². The molecule has 0 radical (unpaired) electrons. The fourth-order valence-corrected chi connectivity index (χ4v) is 10.0. The molecule has 0 spiro atoms. The fourth-order valence-electron chi connectivity index (χ4n) is 9.57. The fraction of sp³-hybridized carbons (Fsp3) is 0.222. The Labute approximate surface area is 361 Å². The first kappa shape index (κ1) is 40.5. The summed E-state index contributed by atoms with van der Waals surface area (Å²) >= 11 is 18.8. The summed E-state index contributed by atoms with van der Waals surface area (Å²) in [5.74, 6) is -7.87. The van der Waals surface area contributed by atoms with Crippen molar-refractivity contribution in [1.82, 2.24) is 9.99 Å². The number of halogens is 6. The lowest BCUT2D eigenvalue weighted by Gasteiger charge is -2.50. The molecule has 310 valence electrons. The average Bonchev–Trinajstić information content (AvgIpc) is 3.62. The summed E-state index contributed by atoms with van der Waals surface area (Å²) < 4.78 is 46.7. The molecular formula is C45H32Cl3F3N4O6. The van der Waals surface area contributed by atoms with Crippen molar-refractivity contribution in [2.24, 2.45) is 23.7 Å². The van der Waals surface area contributed by atoms with E-state index in [1.54, 1.807) is 60.7 Å². The van der Waals surface area contributed by atoms with Crippen LogP contribution < -0.4 is 15.1 Å². The molecule has 2 aliphatic carbocycles. The number of phenols is 1. The topological polar surface area (TPSA) is 129 Å². The summed E-state index contributed by atoms with van der Waals surface area (Å²) in [7, 11) is 0. The number of amides is 4. The van der Waals surface area contributed by atoms with Crippen LogP contribution in [-0.2, 0) is 37.4 Å². The summed E-state index contributed by atoms with van der Waals surface area (Å²) in [6.45, 7) is 0.185. The van der Waals surface area contributed by atoms with Crippen molar-refractivity contribution in [1.29, 1.82) is 0 Å². The van der Waals surface area contributed by atoms with Gasteiger partial charge in [-0.2, -0.15) is 18.2 Å². The largest absolute Gasteiger partial charge is 0.508 e. The highest BCUT2D eigenvalue weighted by Gasteiger charge is 2.70. The molecule has 2 N–H and O–H groups in total. The molecule has 6 unspecified atom stereocenters. The molecule has 4 aromatic carbocycles. The molecule has 9 rings (SSSR count). The highest BCUT2D eigenvalue weighted by Crippen LogP contribution is 2.65. The van der Waals surface area contributed by atoms with E-state index in [4.69, 9.17) is 39.5 Å². The van der Waals surface area contributed by atoms with Gasteiger partial charge < -0.3 is 9.84 Å². The lowest BCUT2D eigenvalue weighted by molar-refractivity contribution is -0.139. The summed E-state index contributed by atoms with van der Waals surface area (Å²) in [6, 6.07) is 27.3. The van der Waals surface area contributed by atoms with Gasteiger partial charge in [0.2, 0.25) is 11.8 Å². The zero-order valence-electron chi connectivity index (χ0n) is 31.6. The molecule has 1 saturated carbocycles. The number of imide groups is 2. The maximum atomic E-state index is 15.5. The Hall–Kier alpha value is -5.89. The van der Waals surface area contributed by atoms with E-state index in [2.05, 4.69) is 10.4 Å². The smallest absolute Gasteiger partial charge is 0.417 e. The second kappa shape index (κ2) is 15.2. The Kier molecular flexibility index (Phi) is 10.1. The molecule has 1 aromatic heterocycles. The molecule has 2 saturated heterocycles. The number of carbonyl (C=O) groups is 4. The third-order valence-electron chi connectivity index (χ3n) is 12.2. The van der Waals surface area contributed by atoms with E-state index in [-0.39, 0.29) is 30.8 Å². The number of fused-ring (bicyclic) bond motifs is 4. The highest BCUT2D eigenvalue weighted by molar-refractivity contribution is 6.33. The zero-order chi connectivity index (χ0) is 43.0. The number of anilines is 2. The number of hydrazine groups is 1. The summed E-state index contributed by atoms with van der Waals surface area (Å²) in [4.78, 5) is 64.1. The lowest BCUT2D eigenvalue weighted by Crippen LogP contribution is -2.53. The Balaban J connectivity index is 1.20. The van der Waals surface area contributed by atoms with Crippen LogP contribution in [0.15, 0.2) is 121 Å². The number of carbonyl (C=O) groups excluding carboxylic acids is 4. The normalized spacial score (nSPS) is 24.6. The maximum absolute atomic E-state index is 15.5. The quantitative estimate of drug-likeness (QED) is 0.117. The highest BCUT2D eigenvalue weighted by atomic mass is 35.5. The van der Waals surface area contributed by atoms with Crippen molar-refractivity contribution in [3.05, 3.63) is 158 Å². The van der Waals surface area contributed by atoms with Crippen LogP contribution in [0, 0.1) is 23.7 Å². The van der Waals surface area contributed by atoms with E-state index in [0.717, 1.165) is 10.5 Å². The number of pyridine rings is 1. The average molecular weight is 888 g/mol. The molecule has 61 heavy (non-hydrogen) atoms. The molecule has 16 heteroatoms. The van der Waals surface area contributed by atoms with Gasteiger partial charge in [0, 0.05) is 33.8 Å². The Morgan fingerprint density at radius 1 is 0.836 bits per heavy atom. The summed E-state index contributed by atoms with van der Waals surface area (Å²) in [6.07, 6.45) is -2.42. The number of rotatable bonds is 8. The van der Waals surface area contributed by atoms with Crippen LogP contribution >= 0.6 is 34.8 Å². The van der Waals surface area contributed by atoms with Crippen molar-refractivity contribution < 1.29 is 42.2 Å². The molecule has 2 aliphatic heterocycles. The number of hydrogen-bond donors (Lipinski definition) is 2. The monoisotopic (exact) mass is 886 g/mol. The van der Waals surface area contributed by atoms with Crippen LogP contribution in [-0.4, -0.2) is 38.7 Å². The van der Waals surface area contributed by atoms with E-state index < -0.39 is 81.2 Å². The zero-order valence-corrected chi connectivity index (χ0v) is 33.8. The Bertz CT molecular complexity index is 2650. The summed E-state index contributed by atoms with van der Waals surface area (Å²) in [5, 5.41) is 12.9. The summed E-state index contributed by atoms with van der Waals surface area (Å²) in [5.41, 5.74) is 1.92. The molecule has 3 fully saturated rings. The van der Waals surface area contributed by atoms with Gasteiger partial charge in [0.05, 0.1) is 39.4 Å². The van der Waals surface area contributed by atoms with Crippen LogP contribution in [0.5, 0.6) is 11.5 Å². The van der Waals surface area contributed by atoms with Crippen molar-refractivity contribution in [2.45, 2.75) is 37.0 Å². The standard InChI is InChI=1S/C45H32Cl3F3N4O6/c46-26-8-6-24(7-9-26)44-34(41(58)55(43(44)60)53-39-35(48)18-25(21-52-39)45(49,50)51)20-33-30(16-17-32-37(33)42(59)54(40(32)57)28-12-10-27(47)11-13-28)38(44)31-15-14-29(19-36(31)56)61-22-23-4-2-1-3-5-23/h1-16,18-19,21,32-34,37-38,56H,17,20,22H2,(H,52,53). The van der Waals surface area contributed by atoms with Crippen molar-refractivity contribution >= 4 is 69.9 Å². The molecule has 10 nitrogen and oxygen atoms in total. The minimum absolute atomic E-state index is 0.102. The molecular weight excluding hydrogens is 856 g/mol. The number of hydrogen-bond acceptors (Lipinski definition) is 8.